The largest absolute Gasteiger partial charge is 0.506 e. The molecule has 0 aliphatic carbocycles. The maximum absolute atomic E-state index is 10.3. The van der Waals surface area contributed by atoms with Crippen molar-refractivity contribution in [2.45, 2.75) is 0 Å². The van der Waals surface area contributed by atoms with Crippen molar-refractivity contribution >= 4 is 21.7 Å². The number of phenols is 1. The summed E-state index contributed by atoms with van der Waals surface area (Å²) in [5.74, 6) is 1.41. The van der Waals surface area contributed by atoms with Crippen molar-refractivity contribution in [3.8, 4) is 17.2 Å². The molecule has 1 aromatic heterocycles. The molecule has 92 valence electrons. The average Bonchev–Trinajstić information content (AvgIpc) is 2.85. The summed E-state index contributed by atoms with van der Waals surface area (Å²) in [4.78, 5) is 0. The van der Waals surface area contributed by atoms with E-state index in [0.717, 1.165) is 5.39 Å². The van der Waals surface area contributed by atoms with Gasteiger partial charge in [0.15, 0.2) is 0 Å². The number of hydrogen-bond acceptors (Lipinski definition) is 4. The lowest BCUT2D eigenvalue weighted by atomic mass is 10.1. The minimum Gasteiger partial charge on any atom is -0.506 e. The van der Waals surface area contributed by atoms with E-state index in [1.165, 1.54) is 0 Å². The van der Waals surface area contributed by atoms with Crippen LogP contribution >= 0.6 is 0 Å². The monoisotopic (exact) mass is 244 g/mol. The van der Waals surface area contributed by atoms with Crippen molar-refractivity contribution in [3.05, 3.63) is 30.5 Å². The predicted molar refractivity (Wildman–Crippen MR) is 68.5 cm³/mol. The number of furan rings is 1. The molecule has 4 nitrogen and oxygen atoms in total. The van der Waals surface area contributed by atoms with E-state index in [4.69, 9.17) is 13.9 Å². The van der Waals surface area contributed by atoms with Crippen LogP contribution in [0.25, 0.3) is 21.7 Å². The van der Waals surface area contributed by atoms with Crippen LogP contribution in [-0.2, 0) is 0 Å². The standard InChI is InChI=1S/C14H12O4/c1-16-9-5-8-6-11-10(3-4-18-11)14(15)13(8)12(7-9)17-2/h3-7,15H,1-2H3. The van der Waals surface area contributed by atoms with E-state index in [1.807, 2.05) is 12.1 Å². The maximum Gasteiger partial charge on any atom is 0.138 e. The van der Waals surface area contributed by atoms with Gasteiger partial charge in [-0.15, -0.1) is 0 Å². The highest BCUT2D eigenvalue weighted by Gasteiger charge is 2.14. The van der Waals surface area contributed by atoms with Gasteiger partial charge in [-0.25, -0.2) is 0 Å². The zero-order chi connectivity index (χ0) is 12.7. The van der Waals surface area contributed by atoms with Gasteiger partial charge in [-0.3, -0.25) is 0 Å². The number of methoxy groups -OCH3 is 2. The summed E-state index contributed by atoms with van der Waals surface area (Å²) in [6.45, 7) is 0. The first-order valence-corrected chi connectivity index (χ1v) is 5.49. The summed E-state index contributed by atoms with van der Waals surface area (Å²) in [6.07, 6.45) is 1.55. The highest BCUT2D eigenvalue weighted by Crippen LogP contribution is 2.41. The van der Waals surface area contributed by atoms with Crippen molar-refractivity contribution < 1.29 is 19.0 Å². The summed E-state index contributed by atoms with van der Waals surface area (Å²) < 4.78 is 15.8. The minimum absolute atomic E-state index is 0.163. The van der Waals surface area contributed by atoms with E-state index in [2.05, 4.69) is 0 Å². The number of rotatable bonds is 2. The summed E-state index contributed by atoms with van der Waals surface area (Å²) in [5.41, 5.74) is 0.635. The third-order valence-corrected chi connectivity index (χ3v) is 3.04. The quantitative estimate of drug-likeness (QED) is 0.751. The van der Waals surface area contributed by atoms with E-state index in [-0.39, 0.29) is 5.75 Å². The van der Waals surface area contributed by atoms with Gasteiger partial charge in [0.2, 0.25) is 0 Å². The fourth-order valence-corrected chi connectivity index (χ4v) is 2.16. The number of benzene rings is 2. The minimum atomic E-state index is 0.163. The number of hydrogen-bond donors (Lipinski definition) is 1. The van der Waals surface area contributed by atoms with Gasteiger partial charge in [-0.2, -0.15) is 0 Å². The van der Waals surface area contributed by atoms with Crippen LogP contribution in [0.3, 0.4) is 0 Å². The van der Waals surface area contributed by atoms with Crippen LogP contribution in [0.15, 0.2) is 34.9 Å². The molecule has 0 bridgehead atoms. The van der Waals surface area contributed by atoms with Crippen LogP contribution < -0.4 is 9.47 Å². The molecule has 0 amide bonds. The molecule has 3 rings (SSSR count). The molecule has 0 radical (unpaired) electrons. The summed E-state index contributed by atoms with van der Waals surface area (Å²) in [7, 11) is 3.15. The Balaban J connectivity index is 2.49. The number of phenolic OH excluding ortho intramolecular Hbond substituents is 1. The van der Waals surface area contributed by atoms with Gasteiger partial charge in [0.05, 0.1) is 31.3 Å². The SMILES string of the molecule is COc1cc(OC)c2c(O)c3ccoc3cc2c1. The zero-order valence-electron chi connectivity index (χ0n) is 10.1. The lowest BCUT2D eigenvalue weighted by Crippen LogP contribution is -1.89. The van der Waals surface area contributed by atoms with Gasteiger partial charge in [0.25, 0.3) is 0 Å². The Kier molecular flexibility index (Phi) is 2.30. The van der Waals surface area contributed by atoms with E-state index < -0.39 is 0 Å². The fraction of sp³-hybridized carbons (Fsp3) is 0.143. The molecule has 0 aliphatic rings. The van der Waals surface area contributed by atoms with Crippen molar-refractivity contribution in [1.29, 1.82) is 0 Å². The smallest absolute Gasteiger partial charge is 0.138 e. The number of aromatic hydroxyl groups is 1. The molecule has 0 saturated heterocycles. The first-order valence-electron chi connectivity index (χ1n) is 5.49. The zero-order valence-corrected chi connectivity index (χ0v) is 10.1. The normalized spacial score (nSPS) is 11.0. The second-order valence-corrected chi connectivity index (χ2v) is 3.99. The van der Waals surface area contributed by atoms with Crippen molar-refractivity contribution in [1.82, 2.24) is 0 Å². The topological polar surface area (TPSA) is 51.8 Å². The van der Waals surface area contributed by atoms with Gasteiger partial charge >= 0.3 is 0 Å². The molecule has 1 heterocycles. The van der Waals surface area contributed by atoms with Crippen LogP contribution in [0.2, 0.25) is 0 Å². The lowest BCUT2D eigenvalue weighted by Gasteiger charge is -2.10. The Morgan fingerprint density at radius 2 is 1.94 bits per heavy atom. The molecule has 2 aromatic carbocycles. The van der Waals surface area contributed by atoms with E-state index in [0.29, 0.717) is 27.9 Å². The summed E-state index contributed by atoms with van der Waals surface area (Å²) in [6, 6.07) is 7.16. The van der Waals surface area contributed by atoms with E-state index >= 15 is 0 Å². The van der Waals surface area contributed by atoms with Crippen molar-refractivity contribution in [2.24, 2.45) is 0 Å². The maximum atomic E-state index is 10.3. The van der Waals surface area contributed by atoms with Gasteiger partial charge in [-0.05, 0) is 23.6 Å². The first kappa shape index (κ1) is 10.8. The molecular weight excluding hydrogens is 232 g/mol. The summed E-state index contributed by atoms with van der Waals surface area (Å²) in [5, 5.41) is 12.4. The second kappa shape index (κ2) is 3.84. The number of ether oxygens (including phenoxy) is 2. The Hall–Kier alpha value is -2.36. The van der Waals surface area contributed by atoms with Gasteiger partial charge in [0.1, 0.15) is 22.8 Å². The van der Waals surface area contributed by atoms with Crippen LogP contribution in [0.1, 0.15) is 0 Å². The highest BCUT2D eigenvalue weighted by atomic mass is 16.5. The van der Waals surface area contributed by atoms with E-state index in [9.17, 15) is 5.11 Å². The average molecular weight is 244 g/mol. The predicted octanol–water partition coefficient (Wildman–Crippen LogP) is 3.31. The first-order chi connectivity index (χ1) is 8.74. The molecule has 0 spiro atoms. The van der Waals surface area contributed by atoms with Crippen LogP contribution in [0.4, 0.5) is 0 Å². The van der Waals surface area contributed by atoms with Gasteiger partial charge < -0.3 is 19.0 Å². The van der Waals surface area contributed by atoms with Crippen molar-refractivity contribution in [2.75, 3.05) is 14.2 Å². The molecular formula is C14H12O4. The highest BCUT2D eigenvalue weighted by molar-refractivity contribution is 6.06. The third kappa shape index (κ3) is 1.39. The Bertz CT molecular complexity index is 727. The Morgan fingerprint density at radius 3 is 2.67 bits per heavy atom. The molecule has 3 aromatic rings. The van der Waals surface area contributed by atoms with Gasteiger partial charge in [-0.1, -0.05) is 0 Å². The second-order valence-electron chi connectivity index (χ2n) is 3.99. The molecule has 0 aliphatic heterocycles. The Labute approximate surface area is 103 Å². The number of fused-ring (bicyclic) bond motifs is 2. The van der Waals surface area contributed by atoms with Crippen LogP contribution in [0.5, 0.6) is 17.2 Å². The van der Waals surface area contributed by atoms with Crippen LogP contribution in [-0.4, -0.2) is 19.3 Å². The Morgan fingerprint density at radius 1 is 1.11 bits per heavy atom. The molecule has 1 N–H and O–H groups in total. The molecule has 4 heteroatoms. The fourth-order valence-electron chi connectivity index (χ4n) is 2.16. The molecule has 0 saturated carbocycles. The summed E-state index contributed by atoms with van der Waals surface area (Å²) >= 11 is 0. The molecule has 0 atom stereocenters. The third-order valence-electron chi connectivity index (χ3n) is 3.04. The molecule has 0 unspecified atom stereocenters. The van der Waals surface area contributed by atoms with Gasteiger partial charge in [0, 0.05) is 6.07 Å². The van der Waals surface area contributed by atoms with E-state index in [1.54, 1.807) is 32.6 Å². The van der Waals surface area contributed by atoms with Crippen LogP contribution in [0, 0.1) is 0 Å². The molecule has 0 fully saturated rings. The molecule has 18 heavy (non-hydrogen) atoms. The van der Waals surface area contributed by atoms with Crippen molar-refractivity contribution in [3.63, 3.8) is 0 Å². The lowest BCUT2D eigenvalue weighted by molar-refractivity contribution is 0.396.